The fourth-order valence-electron chi connectivity index (χ4n) is 9.11. The number of thioether (sulfide) groups is 3. The Labute approximate surface area is 497 Å². The molecule has 372 valence electrons. The molecule has 12 rings (SSSR count). The first kappa shape index (κ1) is 55.9. The van der Waals surface area contributed by atoms with Crippen LogP contribution in [0.3, 0.4) is 0 Å². The molecular formula is C64H48N8S4Zn2. The van der Waals surface area contributed by atoms with Gasteiger partial charge in [-0.25, -0.2) is 0 Å². The normalized spacial score (nSPS) is 15.6. The summed E-state index contributed by atoms with van der Waals surface area (Å²) in [5.74, 6) is 0. The second-order valence-corrected chi connectivity index (χ2v) is 20.9. The Morgan fingerprint density at radius 3 is 1.01 bits per heavy atom. The van der Waals surface area contributed by atoms with Gasteiger partial charge in [-0.15, -0.1) is 63.8 Å². The van der Waals surface area contributed by atoms with E-state index in [0.717, 1.165) is 113 Å². The summed E-state index contributed by atoms with van der Waals surface area (Å²) >= 11 is 6.92. The van der Waals surface area contributed by atoms with Crippen LogP contribution in [0.5, 0.6) is 0 Å². The molecule has 8 nitrogen and oxygen atoms in total. The molecule has 0 bridgehead atoms. The van der Waals surface area contributed by atoms with E-state index in [-0.39, 0.29) is 39.0 Å². The smallest absolute Gasteiger partial charge is 0.664 e. The molecular weight excluding hydrogens is 1140 g/mol. The van der Waals surface area contributed by atoms with Gasteiger partial charge in [-0.05, 0) is 148 Å². The van der Waals surface area contributed by atoms with E-state index in [9.17, 15) is 0 Å². The number of hydrogen-bond acceptors (Lipinski definition) is 6. The van der Waals surface area contributed by atoms with Crippen LogP contribution in [-0.4, -0.2) is 48.5 Å². The average molecular weight is 1190 g/mol. The first-order valence-electron chi connectivity index (χ1n) is 24.4. The summed E-state index contributed by atoms with van der Waals surface area (Å²) in [4.78, 5) is 43.3. The summed E-state index contributed by atoms with van der Waals surface area (Å²) in [6, 6.07) is 46.0. The predicted molar refractivity (Wildman–Crippen MR) is 325 cm³/mol. The summed E-state index contributed by atoms with van der Waals surface area (Å²) in [7, 11) is 0. The largest absolute Gasteiger partial charge is 2.00 e. The topological polar surface area (TPSA) is 108 Å². The van der Waals surface area contributed by atoms with Crippen LogP contribution in [0, 0.1) is 0 Å². The Morgan fingerprint density at radius 2 is 0.731 bits per heavy atom. The van der Waals surface area contributed by atoms with E-state index in [4.69, 9.17) is 19.9 Å². The Bertz CT molecular complexity index is 3670. The molecule has 0 unspecified atom stereocenters. The molecule has 0 saturated heterocycles. The van der Waals surface area contributed by atoms with Crippen molar-refractivity contribution in [1.29, 1.82) is 0 Å². The van der Waals surface area contributed by atoms with Crippen LogP contribution < -0.4 is 24.9 Å². The van der Waals surface area contributed by atoms with Crippen molar-refractivity contribution >= 4 is 92.4 Å². The standard InChI is InChI=1S/2C32H24N4S2.2Zn/c2*1-37-23-11-7-21(8-12-23)31(27-5-3-19-33-27)29-17-15-25(35-29)26-16-18-30(36-26)32(28-6-4-20-34-28)22-9-13-24(38-2)14-10-22;;/h2*3-20H,1-2H3;;/q2*-2;2*+2/b31-27-,32-28-;31-27-;;. The van der Waals surface area contributed by atoms with Gasteiger partial charge in [-0.3, -0.25) is 15.0 Å². The van der Waals surface area contributed by atoms with Crippen LogP contribution >= 0.6 is 35.3 Å². The van der Waals surface area contributed by atoms with Crippen molar-refractivity contribution < 1.29 is 39.0 Å². The molecule has 3 aliphatic heterocycles. The van der Waals surface area contributed by atoms with Gasteiger partial charge in [0.05, 0.1) is 17.1 Å². The molecule has 0 N–H and O–H groups in total. The first-order chi connectivity index (χ1) is 37.5. The summed E-state index contributed by atoms with van der Waals surface area (Å²) in [6.07, 6.45) is 36.1. The van der Waals surface area contributed by atoms with Crippen LogP contribution in [0.1, 0.15) is 45.2 Å². The molecule has 0 atom stereocenters. The monoisotopic (exact) mass is 1180 g/mol. The third-order valence-corrected chi connectivity index (χ3v) is 15.8. The molecule has 0 fully saturated rings. The third kappa shape index (κ3) is 12.4. The zero-order chi connectivity index (χ0) is 51.8. The Balaban J connectivity index is 0.000000185. The van der Waals surface area contributed by atoms with E-state index in [2.05, 4.69) is 166 Å². The van der Waals surface area contributed by atoms with Crippen molar-refractivity contribution in [2.24, 2.45) is 15.0 Å². The van der Waals surface area contributed by atoms with Crippen molar-refractivity contribution in [3.8, 4) is 22.8 Å². The molecule has 4 aliphatic rings. The maximum absolute atomic E-state index is 5.01. The van der Waals surface area contributed by atoms with Gasteiger partial charge in [0, 0.05) is 45.5 Å². The van der Waals surface area contributed by atoms with E-state index < -0.39 is 0 Å². The van der Waals surface area contributed by atoms with Gasteiger partial charge >= 0.3 is 39.0 Å². The molecule has 5 aromatic heterocycles. The SMILES string of the molecule is CSc1ccc(/C(=C2\C=CC=N2)c2ccc(-c3ccc(/C(=C4/C=CC=N4)c4ccc(SC)cc4)[n-]3)[n-]2)cc1.CSc1ccc(/C(=C2\C=CC=N2)c2ccc(-c3ccc(C(=C4C=CC(=[S+]C)C=C4)c4ccc[n-]4)[n-]3)[n-]2)cc1.[Zn+2].[Zn+2]. The molecule has 14 heteroatoms. The Kier molecular flexibility index (Phi) is 18.7. The molecule has 0 radical (unpaired) electrons. The minimum Gasteiger partial charge on any atom is -0.664 e. The molecule has 0 saturated carbocycles. The molecule has 0 spiro atoms. The fourth-order valence-corrected chi connectivity index (χ4v) is 10.7. The number of nitrogens with zero attached hydrogens (tertiary/aromatic N) is 8. The van der Waals surface area contributed by atoms with Crippen molar-refractivity contribution in [2.45, 2.75) is 14.7 Å². The number of aliphatic imine (C=N–C) groups is 3. The van der Waals surface area contributed by atoms with Crippen LogP contribution in [0.4, 0.5) is 0 Å². The van der Waals surface area contributed by atoms with Crippen LogP contribution in [0.2, 0.25) is 0 Å². The Hall–Kier alpha value is -6.88. The zero-order valence-electron chi connectivity index (χ0n) is 43.4. The number of aromatic nitrogens is 5. The first-order valence-corrected chi connectivity index (χ1v) is 29.3. The van der Waals surface area contributed by atoms with Gasteiger partial charge in [0.2, 0.25) is 4.86 Å². The van der Waals surface area contributed by atoms with E-state index in [1.54, 1.807) is 46.6 Å². The van der Waals surface area contributed by atoms with Crippen molar-refractivity contribution in [2.75, 3.05) is 25.0 Å². The average Bonchev–Trinajstić information content (AvgIpc) is 4.32. The summed E-state index contributed by atoms with van der Waals surface area (Å²) in [5.41, 5.74) is 19.0. The molecule has 1 aliphatic carbocycles. The number of hydrogen-bond donors (Lipinski definition) is 0. The third-order valence-electron chi connectivity index (χ3n) is 12.9. The van der Waals surface area contributed by atoms with E-state index in [1.807, 2.05) is 97.7 Å². The Morgan fingerprint density at radius 1 is 0.385 bits per heavy atom. The minimum absolute atomic E-state index is 0. The molecule has 8 heterocycles. The van der Waals surface area contributed by atoms with Crippen molar-refractivity contribution in [3.05, 3.63) is 268 Å². The maximum atomic E-state index is 5.01. The molecule has 78 heavy (non-hydrogen) atoms. The van der Waals surface area contributed by atoms with E-state index in [1.165, 1.54) is 19.6 Å². The number of rotatable bonds is 13. The van der Waals surface area contributed by atoms with Gasteiger partial charge in [0.25, 0.3) is 0 Å². The van der Waals surface area contributed by atoms with Crippen LogP contribution in [0.25, 0.3) is 45.1 Å². The minimum atomic E-state index is 0. The second-order valence-electron chi connectivity index (χ2n) is 17.4. The maximum Gasteiger partial charge on any atom is 2.00 e. The van der Waals surface area contributed by atoms with Crippen LogP contribution in [-0.2, 0) is 50.3 Å². The van der Waals surface area contributed by atoms with Crippen molar-refractivity contribution in [1.82, 2.24) is 24.9 Å². The van der Waals surface area contributed by atoms with Gasteiger partial charge < -0.3 is 24.9 Å². The molecule has 3 aromatic carbocycles. The van der Waals surface area contributed by atoms with Gasteiger partial charge in [-0.2, -0.15) is 29.0 Å². The van der Waals surface area contributed by atoms with E-state index in [0.29, 0.717) is 0 Å². The fraction of sp³-hybridized carbons (Fsp3) is 0.0625. The zero-order valence-corrected chi connectivity index (χ0v) is 52.6. The molecule has 8 aromatic rings. The van der Waals surface area contributed by atoms with Gasteiger partial charge in [0.1, 0.15) is 0 Å². The number of benzene rings is 3. The predicted octanol–water partition coefficient (Wildman–Crippen LogP) is 13.7. The second kappa shape index (κ2) is 26.2. The number of allylic oxidation sites excluding steroid dienone is 11. The summed E-state index contributed by atoms with van der Waals surface area (Å²) in [5, 5.41) is 0. The van der Waals surface area contributed by atoms with E-state index >= 15 is 0 Å². The van der Waals surface area contributed by atoms with Crippen molar-refractivity contribution in [3.63, 3.8) is 0 Å². The van der Waals surface area contributed by atoms with Gasteiger partial charge in [0.15, 0.2) is 17.6 Å². The summed E-state index contributed by atoms with van der Waals surface area (Å²) in [6.45, 7) is 0. The summed E-state index contributed by atoms with van der Waals surface area (Å²) < 4.78 is 0. The van der Waals surface area contributed by atoms with Crippen LogP contribution in [0.15, 0.2) is 253 Å². The quantitative estimate of drug-likeness (QED) is 0.0486. The van der Waals surface area contributed by atoms with Gasteiger partial charge in [-0.1, -0.05) is 97.1 Å². The molecule has 0 amide bonds.